The molecule has 148 valence electrons. The molecule has 1 aliphatic heterocycles. The minimum atomic E-state index is -0.415. The molecule has 1 amide bonds. The van der Waals surface area contributed by atoms with Crippen molar-refractivity contribution >= 4 is 28.9 Å². The lowest BCUT2D eigenvalue weighted by Crippen LogP contribution is -2.18. The fourth-order valence-corrected chi connectivity index (χ4v) is 3.35. The quantitative estimate of drug-likeness (QED) is 0.669. The number of nitrogens with one attached hydrogen (secondary N) is 2. The molecule has 0 saturated carbocycles. The SMILES string of the molecule is Cc1cc(C(=O)Nc2ccc(N3CCCC3)cc2)nc(Nc2ccccc2F)n1. The highest BCUT2D eigenvalue weighted by Gasteiger charge is 2.14. The molecule has 3 aromatic rings. The van der Waals surface area contributed by atoms with Gasteiger partial charge in [0.15, 0.2) is 0 Å². The van der Waals surface area contributed by atoms with Crippen molar-refractivity contribution in [3.05, 3.63) is 71.8 Å². The molecule has 0 radical (unpaired) electrons. The van der Waals surface area contributed by atoms with E-state index in [1.807, 2.05) is 24.3 Å². The summed E-state index contributed by atoms with van der Waals surface area (Å²) < 4.78 is 13.9. The monoisotopic (exact) mass is 391 g/mol. The zero-order valence-corrected chi connectivity index (χ0v) is 16.2. The van der Waals surface area contributed by atoms with Crippen molar-refractivity contribution in [2.24, 2.45) is 0 Å². The smallest absolute Gasteiger partial charge is 0.274 e. The molecule has 1 aromatic heterocycles. The Hall–Kier alpha value is -3.48. The van der Waals surface area contributed by atoms with Gasteiger partial charge in [-0.15, -0.1) is 0 Å². The highest BCUT2D eigenvalue weighted by molar-refractivity contribution is 6.03. The second-order valence-corrected chi connectivity index (χ2v) is 7.02. The summed E-state index contributed by atoms with van der Waals surface area (Å²) in [4.78, 5) is 23.5. The number of aromatic nitrogens is 2. The van der Waals surface area contributed by atoms with Gasteiger partial charge in [0.2, 0.25) is 5.95 Å². The van der Waals surface area contributed by atoms with Crippen LogP contribution in [0, 0.1) is 12.7 Å². The Morgan fingerprint density at radius 1 is 1.03 bits per heavy atom. The maximum Gasteiger partial charge on any atom is 0.274 e. The first-order valence-corrected chi connectivity index (χ1v) is 9.62. The van der Waals surface area contributed by atoms with Crippen LogP contribution in [0.25, 0.3) is 0 Å². The summed E-state index contributed by atoms with van der Waals surface area (Å²) in [6, 6.07) is 15.6. The van der Waals surface area contributed by atoms with Crippen LogP contribution in [-0.4, -0.2) is 29.0 Å². The number of aryl methyl sites for hydroxylation is 1. The number of benzene rings is 2. The molecule has 0 unspecified atom stereocenters. The van der Waals surface area contributed by atoms with E-state index in [1.165, 1.54) is 18.9 Å². The van der Waals surface area contributed by atoms with Crippen LogP contribution in [0.15, 0.2) is 54.6 Å². The van der Waals surface area contributed by atoms with Gasteiger partial charge in [-0.1, -0.05) is 12.1 Å². The van der Waals surface area contributed by atoms with Gasteiger partial charge in [-0.05, 0) is 62.2 Å². The van der Waals surface area contributed by atoms with Crippen LogP contribution in [0.4, 0.5) is 27.4 Å². The number of para-hydroxylation sites is 1. The van der Waals surface area contributed by atoms with Gasteiger partial charge in [0.05, 0.1) is 5.69 Å². The Labute approximate surface area is 168 Å². The number of anilines is 4. The number of carbonyl (C=O) groups is 1. The highest BCUT2D eigenvalue weighted by atomic mass is 19.1. The van der Waals surface area contributed by atoms with E-state index in [0.717, 1.165) is 18.8 Å². The van der Waals surface area contributed by atoms with Gasteiger partial charge < -0.3 is 15.5 Å². The highest BCUT2D eigenvalue weighted by Crippen LogP contribution is 2.22. The first-order chi connectivity index (χ1) is 14.1. The Kier molecular flexibility index (Phi) is 5.37. The Bertz CT molecular complexity index is 1020. The number of nitrogens with zero attached hydrogens (tertiary/aromatic N) is 3. The molecule has 1 fully saturated rings. The molecule has 0 bridgehead atoms. The lowest BCUT2D eigenvalue weighted by molar-refractivity contribution is 0.102. The van der Waals surface area contributed by atoms with Crippen LogP contribution in [0.1, 0.15) is 29.0 Å². The number of carbonyl (C=O) groups excluding carboxylic acids is 1. The first-order valence-electron chi connectivity index (χ1n) is 9.62. The normalized spacial score (nSPS) is 13.4. The zero-order chi connectivity index (χ0) is 20.2. The average Bonchev–Trinajstić information content (AvgIpc) is 3.25. The van der Waals surface area contributed by atoms with Gasteiger partial charge >= 0.3 is 0 Å². The summed E-state index contributed by atoms with van der Waals surface area (Å²) in [5.41, 5.74) is 2.92. The molecular weight excluding hydrogens is 369 g/mol. The molecule has 7 heteroatoms. The fraction of sp³-hybridized carbons (Fsp3) is 0.227. The van der Waals surface area contributed by atoms with E-state index in [4.69, 9.17) is 0 Å². The van der Waals surface area contributed by atoms with E-state index in [9.17, 15) is 9.18 Å². The summed E-state index contributed by atoms with van der Waals surface area (Å²) in [5.74, 6) is -0.590. The molecule has 4 rings (SSSR count). The van der Waals surface area contributed by atoms with E-state index in [2.05, 4.69) is 25.5 Å². The minimum absolute atomic E-state index is 0.171. The topological polar surface area (TPSA) is 70.2 Å². The largest absolute Gasteiger partial charge is 0.372 e. The Morgan fingerprint density at radius 3 is 2.48 bits per heavy atom. The van der Waals surface area contributed by atoms with Gasteiger partial charge in [-0.25, -0.2) is 14.4 Å². The Morgan fingerprint density at radius 2 is 1.76 bits per heavy atom. The van der Waals surface area contributed by atoms with Crippen LogP contribution in [-0.2, 0) is 0 Å². The third kappa shape index (κ3) is 4.51. The van der Waals surface area contributed by atoms with E-state index < -0.39 is 5.82 Å². The summed E-state index contributed by atoms with van der Waals surface area (Å²) >= 11 is 0. The van der Waals surface area contributed by atoms with Crippen molar-refractivity contribution in [3.63, 3.8) is 0 Å². The van der Waals surface area contributed by atoms with Crippen LogP contribution < -0.4 is 15.5 Å². The van der Waals surface area contributed by atoms with Gasteiger partial charge in [0.1, 0.15) is 11.5 Å². The second kappa shape index (κ2) is 8.26. The lowest BCUT2D eigenvalue weighted by Gasteiger charge is -2.17. The predicted octanol–water partition coefficient (Wildman–Crippen LogP) is 4.52. The molecule has 2 heterocycles. The second-order valence-electron chi connectivity index (χ2n) is 7.02. The zero-order valence-electron chi connectivity index (χ0n) is 16.2. The van der Waals surface area contributed by atoms with Crippen LogP contribution in [0.3, 0.4) is 0 Å². The first kappa shape index (κ1) is 18.9. The van der Waals surface area contributed by atoms with Crippen molar-refractivity contribution in [1.29, 1.82) is 0 Å². The molecule has 2 aromatic carbocycles. The molecule has 0 atom stereocenters. The number of halogens is 1. The molecule has 6 nitrogen and oxygen atoms in total. The summed E-state index contributed by atoms with van der Waals surface area (Å²) in [6.45, 7) is 3.91. The van der Waals surface area contributed by atoms with Gasteiger partial charge in [0, 0.05) is 30.2 Å². The number of rotatable bonds is 5. The lowest BCUT2D eigenvalue weighted by atomic mass is 10.2. The molecule has 0 spiro atoms. The fourth-order valence-electron chi connectivity index (χ4n) is 3.35. The third-order valence-electron chi connectivity index (χ3n) is 4.80. The number of hydrogen-bond donors (Lipinski definition) is 2. The van der Waals surface area contributed by atoms with Crippen molar-refractivity contribution < 1.29 is 9.18 Å². The third-order valence-corrected chi connectivity index (χ3v) is 4.80. The van der Waals surface area contributed by atoms with Crippen molar-refractivity contribution in [2.75, 3.05) is 28.6 Å². The number of amides is 1. The van der Waals surface area contributed by atoms with Gasteiger partial charge in [-0.2, -0.15) is 0 Å². The maximum absolute atomic E-state index is 13.9. The summed E-state index contributed by atoms with van der Waals surface area (Å²) in [6.07, 6.45) is 2.43. The molecule has 2 N–H and O–H groups in total. The van der Waals surface area contributed by atoms with Crippen LogP contribution in [0.5, 0.6) is 0 Å². The maximum atomic E-state index is 13.9. The van der Waals surface area contributed by atoms with E-state index in [0.29, 0.717) is 11.4 Å². The molecular formula is C22H22FN5O. The predicted molar refractivity (Wildman–Crippen MR) is 112 cm³/mol. The van der Waals surface area contributed by atoms with Crippen LogP contribution >= 0.6 is 0 Å². The van der Waals surface area contributed by atoms with E-state index in [1.54, 1.807) is 31.2 Å². The van der Waals surface area contributed by atoms with E-state index in [-0.39, 0.29) is 23.2 Å². The van der Waals surface area contributed by atoms with Crippen LogP contribution in [0.2, 0.25) is 0 Å². The number of hydrogen-bond acceptors (Lipinski definition) is 5. The van der Waals surface area contributed by atoms with E-state index >= 15 is 0 Å². The van der Waals surface area contributed by atoms with Crippen molar-refractivity contribution in [2.45, 2.75) is 19.8 Å². The summed E-state index contributed by atoms with van der Waals surface area (Å²) in [5, 5.41) is 5.68. The molecule has 29 heavy (non-hydrogen) atoms. The van der Waals surface area contributed by atoms with Gasteiger partial charge in [-0.3, -0.25) is 4.79 Å². The van der Waals surface area contributed by atoms with Gasteiger partial charge in [0.25, 0.3) is 5.91 Å². The Balaban J connectivity index is 1.48. The summed E-state index contributed by atoms with van der Waals surface area (Å²) in [7, 11) is 0. The van der Waals surface area contributed by atoms with Crippen molar-refractivity contribution in [3.8, 4) is 0 Å². The molecule has 0 aliphatic carbocycles. The standard InChI is InChI=1S/C22H22FN5O/c1-15-14-20(27-22(24-15)26-19-7-3-2-6-18(19)23)21(29)25-16-8-10-17(11-9-16)28-12-4-5-13-28/h2-3,6-11,14H,4-5,12-13H2,1H3,(H,25,29)(H,24,26,27). The van der Waals surface area contributed by atoms with Crippen molar-refractivity contribution in [1.82, 2.24) is 9.97 Å². The average molecular weight is 391 g/mol. The molecule has 1 saturated heterocycles. The minimum Gasteiger partial charge on any atom is -0.372 e. The molecule has 1 aliphatic rings.